The van der Waals surface area contributed by atoms with Gasteiger partial charge in [-0.1, -0.05) is 244 Å². The second kappa shape index (κ2) is 45.0. The lowest BCUT2D eigenvalue weighted by atomic mass is 9.98. The number of rotatable bonds is 48. The second-order valence-electron chi connectivity index (χ2n) is 20.0. The molecule has 11 heteroatoms. The largest absolute Gasteiger partial charge is 0.394 e. The number of hydrogen-bond donors (Lipinski definition) is 8. The number of carbonyl (C=O) groups is 1. The standard InChI is InChI=1S/C55H107NO10/c1-3-5-7-9-11-12-13-14-15-16-17-18-19-20-21-22-23-24-25-26-27-28-29-30-31-32-33-34-35-37-39-41-43-48(59)54(64)56-46(50(60)47(58)42-40-38-36-10-8-6-4-2)45-65-55-53(63)52(62)51(61)49(44-57)66-55/h10,36,46-53,55,57-63H,3-9,11-35,37-45H2,1-2H3,(H,56,64)/b36-10+. The maximum absolute atomic E-state index is 13.1. The van der Waals surface area contributed by atoms with Crippen LogP contribution in [0.15, 0.2) is 12.2 Å². The fourth-order valence-electron chi connectivity index (χ4n) is 9.19. The predicted octanol–water partition coefficient (Wildman–Crippen LogP) is 11.2. The molecule has 1 fully saturated rings. The van der Waals surface area contributed by atoms with Gasteiger partial charge in [0, 0.05) is 0 Å². The molecular weight excluding hydrogens is 835 g/mol. The van der Waals surface area contributed by atoms with E-state index in [0.717, 1.165) is 44.9 Å². The van der Waals surface area contributed by atoms with E-state index in [1.54, 1.807) is 0 Å². The van der Waals surface area contributed by atoms with E-state index in [0.29, 0.717) is 12.8 Å². The highest BCUT2D eigenvalue weighted by atomic mass is 16.7. The summed E-state index contributed by atoms with van der Waals surface area (Å²) in [6, 6.07) is -1.18. The van der Waals surface area contributed by atoms with Crippen LogP contribution < -0.4 is 5.32 Å². The van der Waals surface area contributed by atoms with Crippen molar-refractivity contribution >= 4 is 5.91 Å². The number of aliphatic hydroxyl groups is 7. The van der Waals surface area contributed by atoms with Crippen LogP contribution in [0.4, 0.5) is 0 Å². The van der Waals surface area contributed by atoms with Crippen LogP contribution in [0.2, 0.25) is 0 Å². The molecule has 1 rings (SSSR count). The van der Waals surface area contributed by atoms with Gasteiger partial charge >= 0.3 is 0 Å². The first-order valence-electron chi connectivity index (χ1n) is 28.1. The zero-order valence-electron chi connectivity index (χ0n) is 42.7. The van der Waals surface area contributed by atoms with Crippen LogP contribution in [-0.4, -0.2) is 110 Å². The fraction of sp³-hybridized carbons (Fsp3) is 0.945. The normalized spacial score (nSPS) is 20.8. The molecule has 1 aliphatic heterocycles. The number of aliphatic hydroxyl groups excluding tert-OH is 7. The molecular formula is C55H107NO10. The number of hydrogen-bond acceptors (Lipinski definition) is 10. The van der Waals surface area contributed by atoms with Gasteiger partial charge in [0.05, 0.1) is 25.4 Å². The SMILES string of the molecule is CCCC/C=C/CCCC(O)C(O)C(COC1OC(CO)C(O)C(O)C1O)NC(=O)C(O)CCCCCCCCCCCCCCCCCCCCCCCCCCCCCCCCCC. The average Bonchev–Trinajstić information content (AvgIpc) is 3.32. The minimum atomic E-state index is -1.66. The van der Waals surface area contributed by atoms with Crippen LogP contribution in [0, 0.1) is 0 Å². The molecule has 9 unspecified atom stereocenters. The molecule has 0 radical (unpaired) electrons. The van der Waals surface area contributed by atoms with Gasteiger partial charge in [-0.3, -0.25) is 4.79 Å². The smallest absolute Gasteiger partial charge is 0.249 e. The lowest BCUT2D eigenvalue weighted by Crippen LogP contribution is -2.60. The summed E-state index contributed by atoms with van der Waals surface area (Å²) in [6.45, 7) is 3.36. The van der Waals surface area contributed by atoms with Crippen molar-refractivity contribution in [3.8, 4) is 0 Å². The second-order valence-corrected chi connectivity index (χ2v) is 20.0. The molecule has 11 nitrogen and oxygen atoms in total. The Morgan fingerprint density at radius 3 is 1.29 bits per heavy atom. The van der Waals surface area contributed by atoms with Crippen molar-refractivity contribution in [2.75, 3.05) is 13.2 Å². The highest BCUT2D eigenvalue weighted by Gasteiger charge is 2.44. The summed E-state index contributed by atoms with van der Waals surface area (Å²) in [7, 11) is 0. The third kappa shape index (κ3) is 33.4. The Morgan fingerprint density at radius 2 is 0.894 bits per heavy atom. The Labute approximate surface area is 404 Å². The van der Waals surface area contributed by atoms with Crippen LogP contribution in [-0.2, 0) is 14.3 Å². The van der Waals surface area contributed by atoms with E-state index in [4.69, 9.17) is 9.47 Å². The van der Waals surface area contributed by atoms with Crippen molar-refractivity contribution in [3.05, 3.63) is 12.2 Å². The summed E-state index contributed by atoms with van der Waals surface area (Å²) >= 11 is 0. The van der Waals surface area contributed by atoms with Crippen molar-refractivity contribution < 1.29 is 50.0 Å². The van der Waals surface area contributed by atoms with Crippen LogP contribution in [0.1, 0.15) is 264 Å². The molecule has 0 aromatic rings. The van der Waals surface area contributed by atoms with Crippen molar-refractivity contribution in [2.45, 2.75) is 319 Å². The monoisotopic (exact) mass is 942 g/mol. The van der Waals surface area contributed by atoms with E-state index in [1.807, 2.05) is 0 Å². The molecule has 0 aliphatic carbocycles. The van der Waals surface area contributed by atoms with E-state index in [1.165, 1.54) is 180 Å². The Balaban J connectivity index is 2.11. The maximum Gasteiger partial charge on any atom is 0.249 e. The third-order valence-electron chi connectivity index (χ3n) is 13.8. The van der Waals surface area contributed by atoms with Crippen LogP contribution in [0.25, 0.3) is 0 Å². The summed E-state index contributed by atoms with van der Waals surface area (Å²) in [5, 5.41) is 75.4. The first-order valence-corrected chi connectivity index (χ1v) is 28.1. The minimum Gasteiger partial charge on any atom is -0.394 e. The van der Waals surface area contributed by atoms with Gasteiger partial charge in [-0.05, 0) is 32.1 Å². The third-order valence-corrected chi connectivity index (χ3v) is 13.8. The Hall–Kier alpha value is -1.15. The lowest BCUT2D eigenvalue weighted by Gasteiger charge is -2.40. The van der Waals surface area contributed by atoms with E-state index in [9.17, 15) is 40.5 Å². The Kier molecular flexibility index (Phi) is 42.9. The van der Waals surface area contributed by atoms with E-state index in [-0.39, 0.29) is 12.8 Å². The van der Waals surface area contributed by atoms with Gasteiger partial charge in [0.15, 0.2) is 6.29 Å². The quantitative estimate of drug-likeness (QED) is 0.0215. The molecule has 0 bridgehead atoms. The number of amides is 1. The zero-order valence-corrected chi connectivity index (χ0v) is 42.7. The molecule has 1 aliphatic rings. The molecule has 8 N–H and O–H groups in total. The van der Waals surface area contributed by atoms with Crippen LogP contribution >= 0.6 is 0 Å². The molecule has 392 valence electrons. The molecule has 1 amide bonds. The summed E-state index contributed by atoms with van der Waals surface area (Å²) in [5.41, 5.74) is 0. The molecule has 9 atom stereocenters. The predicted molar refractivity (Wildman–Crippen MR) is 270 cm³/mol. The molecule has 1 saturated heterocycles. The molecule has 1 heterocycles. The van der Waals surface area contributed by atoms with E-state index < -0.39 is 74.2 Å². The van der Waals surface area contributed by atoms with E-state index in [2.05, 4.69) is 31.3 Å². The number of allylic oxidation sites excluding steroid dienone is 2. The molecule has 0 saturated carbocycles. The molecule has 0 spiro atoms. The first-order chi connectivity index (χ1) is 32.2. The Bertz CT molecular complexity index is 1080. The van der Waals surface area contributed by atoms with Gasteiger partial charge in [0.25, 0.3) is 0 Å². The fourth-order valence-corrected chi connectivity index (χ4v) is 9.19. The summed E-state index contributed by atoms with van der Waals surface area (Å²) in [4.78, 5) is 13.1. The number of unbranched alkanes of at least 4 members (excludes halogenated alkanes) is 34. The highest BCUT2D eigenvalue weighted by Crippen LogP contribution is 2.23. The van der Waals surface area contributed by atoms with Gasteiger partial charge in [-0.25, -0.2) is 0 Å². The van der Waals surface area contributed by atoms with Gasteiger partial charge in [0.2, 0.25) is 5.91 Å². The summed E-state index contributed by atoms with van der Waals surface area (Å²) in [6.07, 6.45) is 40.6. The summed E-state index contributed by atoms with van der Waals surface area (Å²) < 4.78 is 11.1. The minimum absolute atomic E-state index is 0.258. The van der Waals surface area contributed by atoms with Gasteiger partial charge < -0.3 is 50.5 Å². The molecule has 0 aromatic heterocycles. The lowest BCUT2D eigenvalue weighted by molar-refractivity contribution is -0.303. The number of carbonyl (C=O) groups excluding carboxylic acids is 1. The van der Waals surface area contributed by atoms with Crippen LogP contribution in [0.5, 0.6) is 0 Å². The summed E-state index contributed by atoms with van der Waals surface area (Å²) in [5.74, 6) is -0.705. The molecule has 66 heavy (non-hydrogen) atoms. The molecule has 0 aromatic carbocycles. The topological polar surface area (TPSA) is 189 Å². The first kappa shape index (κ1) is 62.9. The zero-order chi connectivity index (χ0) is 48.3. The number of nitrogens with one attached hydrogen (secondary N) is 1. The van der Waals surface area contributed by atoms with Crippen molar-refractivity contribution in [2.24, 2.45) is 0 Å². The Morgan fingerprint density at radius 1 is 0.515 bits per heavy atom. The van der Waals surface area contributed by atoms with Crippen molar-refractivity contribution in [1.29, 1.82) is 0 Å². The maximum atomic E-state index is 13.1. The van der Waals surface area contributed by atoms with Crippen molar-refractivity contribution in [3.63, 3.8) is 0 Å². The van der Waals surface area contributed by atoms with Gasteiger partial charge in [0.1, 0.15) is 36.6 Å². The van der Waals surface area contributed by atoms with Gasteiger partial charge in [-0.15, -0.1) is 0 Å². The highest BCUT2D eigenvalue weighted by molar-refractivity contribution is 5.80. The van der Waals surface area contributed by atoms with Crippen molar-refractivity contribution in [1.82, 2.24) is 5.32 Å². The van der Waals surface area contributed by atoms with E-state index >= 15 is 0 Å². The average molecular weight is 942 g/mol. The van der Waals surface area contributed by atoms with Crippen LogP contribution in [0.3, 0.4) is 0 Å². The number of ether oxygens (including phenoxy) is 2. The van der Waals surface area contributed by atoms with Gasteiger partial charge in [-0.2, -0.15) is 0 Å².